The van der Waals surface area contributed by atoms with Gasteiger partial charge >= 0.3 is 0 Å². The minimum absolute atomic E-state index is 0.0460. The molecule has 0 saturated carbocycles. The van der Waals surface area contributed by atoms with Crippen molar-refractivity contribution in [3.63, 3.8) is 0 Å². The van der Waals surface area contributed by atoms with Crippen molar-refractivity contribution in [2.45, 2.75) is 0 Å². The van der Waals surface area contributed by atoms with Crippen LogP contribution in [0, 0.1) is 0 Å². The number of hydrogen-bond donors (Lipinski definition) is 0. The SMILES string of the molecule is c1ccc(-n2c3ccccc3c3c(-c4ccc5c6c4Oc4ccccc4B6c4ccccc4O5)cccc32)cc1. The Morgan fingerprint density at radius 3 is 1.98 bits per heavy atom. The van der Waals surface area contributed by atoms with Crippen LogP contribution in [0.5, 0.6) is 23.0 Å². The van der Waals surface area contributed by atoms with E-state index in [1.807, 2.05) is 12.1 Å². The summed E-state index contributed by atoms with van der Waals surface area (Å²) < 4.78 is 15.6. The number of benzene rings is 6. The van der Waals surface area contributed by atoms with E-state index in [-0.39, 0.29) is 6.71 Å². The summed E-state index contributed by atoms with van der Waals surface area (Å²) in [5.41, 5.74) is 9.16. The zero-order valence-electron chi connectivity index (χ0n) is 21.5. The fraction of sp³-hybridized carbons (Fsp3) is 0. The van der Waals surface area contributed by atoms with Crippen molar-refractivity contribution in [3.05, 3.63) is 133 Å². The summed E-state index contributed by atoms with van der Waals surface area (Å²) in [6.07, 6.45) is 0. The molecule has 0 saturated heterocycles. The molecule has 0 amide bonds. The average Bonchev–Trinajstić information content (AvgIpc) is 3.36. The first kappa shape index (κ1) is 21.7. The van der Waals surface area contributed by atoms with Gasteiger partial charge in [-0.1, -0.05) is 84.9 Å². The van der Waals surface area contributed by atoms with Crippen molar-refractivity contribution in [1.29, 1.82) is 0 Å². The van der Waals surface area contributed by atoms with Crippen molar-refractivity contribution in [2.24, 2.45) is 0 Å². The lowest BCUT2D eigenvalue weighted by Crippen LogP contribution is -2.57. The largest absolute Gasteiger partial charge is 0.458 e. The van der Waals surface area contributed by atoms with Crippen LogP contribution in [0.25, 0.3) is 38.6 Å². The molecule has 0 atom stereocenters. The highest BCUT2D eigenvalue weighted by Crippen LogP contribution is 2.45. The molecule has 0 bridgehead atoms. The molecular formula is C36H22BNO2. The summed E-state index contributed by atoms with van der Waals surface area (Å²) in [5, 5.41) is 2.44. The molecule has 6 aromatic carbocycles. The standard InChI is InChI=1S/C36H22BNO2/c1-2-11-23(12-3-1)38-29-17-7-4-13-26(29)34-24(14-10-18-30(34)38)25-21-22-33-35-36(25)40-32-20-9-6-16-28(32)37(35)27-15-5-8-19-31(27)39-33/h1-22H. The Balaban J connectivity index is 1.36. The monoisotopic (exact) mass is 511 g/mol. The lowest BCUT2D eigenvalue weighted by Gasteiger charge is -2.34. The van der Waals surface area contributed by atoms with Crippen LogP contribution < -0.4 is 25.9 Å². The smallest absolute Gasteiger partial charge is 0.260 e. The molecule has 2 aliphatic heterocycles. The molecule has 0 N–H and O–H groups in total. The molecule has 1 aromatic heterocycles. The second kappa shape index (κ2) is 8.14. The molecule has 0 unspecified atom stereocenters. The van der Waals surface area contributed by atoms with Crippen molar-refractivity contribution < 1.29 is 9.47 Å². The molecule has 186 valence electrons. The van der Waals surface area contributed by atoms with E-state index in [4.69, 9.17) is 9.47 Å². The molecule has 0 fully saturated rings. The molecule has 3 heterocycles. The quantitative estimate of drug-likeness (QED) is 0.230. The Morgan fingerprint density at radius 2 is 1.15 bits per heavy atom. The van der Waals surface area contributed by atoms with Gasteiger partial charge in [0.2, 0.25) is 0 Å². The molecule has 7 aromatic rings. The van der Waals surface area contributed by atoms with E-state index < -0.39 is 0 Å². The van der Waals surface area contributed by atoms with Gasteiger partial charge in [0.1, 0.15) is 23.0 Å². The molecule has 0 radical (unpaired) electrons. The zero-order valence-corrected chi connectivity index (χ0v) is 21.5. The summed E-state index contributed by atoms with van der Waals surface area (Å²) in [5.74, 6) is 3.54. The number of fused-ring (bicyclic) bond motifs is 7. The lowest BCUT2D eigenvalue weighted by molar-refractivity contribution is 0.465. The van der Waals surface area contributed by atoms with Crippen LogP contribution in [0.4, 0.5) is 0 Å². The highest BCUT2D eigenvalue weighted by Gasteiger charge is 2.41. The summed E-state index contributed by atoms with van der Waals surface area (Å²) in [4.78, 5) is 0. The van der Waals surface area contributed by atoms with E-state index >= 15 is 0 Å². The number of nitrogens with zero attached hydrogens (tertiary/aromatic N) is 1. The maximum atomic E-state index is 6.79. The number of aromatic nitrogens is 1. The van der Waals surface area contributed by atoms with Gasteiger partial charge in [0.25, 0.3) is 6.71 Å². The molecule has 40 heavy (non-hydrogen) atoms. The molecule has 0 spiro atoms. The second-order valence-corrected chi connectivity index (χ2v) is 10.5. The second-order valence-electron chi connectivity index (χ2n) is 10.5. The minimum Gasteiger partial charge on any atom is -0.458 e. The fourth-order valence-electron chi connectivity index (χ4n) is 6.70. The van der Waals surface area contributed by atoms with E-state index in [0.717, 1.165) is 45.3 Å². The van der Waals surface area contributed by atoms with Crippen molar-refractivity contribution >= 4 is 44.9 Å². The van der Waals surface area contributed by atoms with Gasteiger partial charge in [0.15, 0.2) is 0 Å². The topological polar surface area (TPSA) is 23.4 Å². The maximum absolute atomic E-state index is 6.79. The molecule has 4 heteroatoms. The van der Waals surface area contributed by atoms with Gasteiger partial charge in [0, 0.05) is 27.5 Å². The first-order valence-corrected chi connectivity index (χ1v) is 13.7. The van der Waals surface area contributed by atoms with Crippen LogP contribution in [0.15, 0.2) is 133 Å². The highest BCUT2D eigenvalue weighted by molar-refractivity contribution is 6.98. The van der Waals surface area contributed by atoms with Gasteiger partial charge in [-0.15, -0.1) is 0 Å². The van der Waals surface area contributed by atoms with E-state index in [2.05, 4.69) is 126 Å². The van der Waals surface area contributed by atoms with Crippen LogP contribution in [0.1, 0.15) is 0 Å². The predicted molar refractivity (Wildman–Crippen MR) is 164 cm³/mol. The van der Waals surface area contributed by atoms with Gasteiger partial charge in [0.05, 0.1) is 11.0 Å². The van der Waals surface area contributed by atoms with Gasteiger partial charge in [-0.05, 0) is 65.0 Å². The molecule has 2 aliphatic rings. The lowest BCUT2D eigenvalue weighted by atomic mass is 9.34. The van der Waals surface area contributed by atoms with Crippen molar-refractivity contribution in [2.75, 3.05) is 0 Å². The van der Waals surface area contributed by atoms with Crippen molar-refractivity contribution in [3.8, 4) is 39.8 Å². The van der Waals surface area contributed by atoms with Crippen LogP contribution in [-0.2, 0) is 0 Å². The number of ether oxygens (including phenoxy) is 2. The Morgan fingerprint density at radius 1 is 0.475 bits per heavy atom. The minimum atomic E-state index is 0.0460. The van der Waals surface area contributed by atoms with E-state index in [0.29, 0.717) is 0 Å². The predicted octanol–water partition coefficient (Wildman–Crippen LogP) is 7.18. The first-order chi connectivity index (χ1) is 19.9. The maximum Gasteiger partial charge on any atom is 0.260 e. The Labute approximate surface area is 231 Å². The van der Waals surface area contributed by atoms with Gasteiger partial charge in [-0.25, -0.2) is 0 Å². The van der Waals surface area contributed by atoms with Gasteiger partial charge in [-0.3, -0.25) is 0 Å². The van der Waals surface area contributed by atoms with Crippen LogP contribution in [-0.4, -0.2) is 11.3 Å². The van der Waals surface area contributed by atoms with Crippen LogP contribution in [0.2, 0.25) is 0 Å². The summed E-state index contributed by atoms with van der Waals surface area (Å²) >= 11 is 0. The Kier molecular flexibility index (Phi) is 4.41. The third-order valence-corrected chi connectivity index (χ3v) is 8.34. The Hall–Kier alpha value is -5.22. The molecule has 3 nitrogen and oxygen atoms in total. The third-order valence-electron chi connectivity index (χ3n) is 8.34. The van der Waals surface area contributed by atoms with E-state index in [9.17, 15) is 0 Å². The number of hydrogen-bond acceptors (Lipinski definition) is 2. The van der Waals surface area contributed by atoms with Gasteiger partial charge < -0.3 is 14.0 Å². The normalized spacial score (nSPS) is 12.8. The molecular weight excluding hydrogens is 489 g/mol. The highest BCUT2D eigenvalue weighted by atomic mass is 16.5. The van der Waals surface area contributed by atoms with Crippen molar-refractivity contribution in [1.82, 2.24) is 4.57 Å². The van der Waals surface area contributed by atoms with Crippen LogP contribution >= 0.6 is 0 Å². The zero-order chi connectivity index (χ0) is 26.2. The summed E-state index contributed by atoms with van der Waals surface area (Å²) in [6.45, 7) is 0.0460. The van der Waals surface area contributed by atoms with Crippen LogP contribution in [0.3, 0.4) is 0 Å². The summed E-state index contributed by atoms with van der Waals surface area (Å²) in [6, 6.07) is 46.9. The average molecular weight is 511 g/mol. The number of para-hydroxylation sites is 4. The fourth-order valence-corrected chi connectivity index (χ4v) is 6.70. The number of rotatable bonds is 2. The van der Waals surface area contributed by atoms with E-state index in [1.54, 1.807) is 0 Å². The third kappa shape index (κ3) is 2.90. The molecule has 9 rings (SSSR count). The van der Waals surface area contributed by atoms with Gasteiger partial charge in [-0.2, -0.15) is 0 Å². The van der Waals surface area contributed by atoms with E-state index in [1.165, 1.54) is 32.7 Å². The first-order valence-electron chi connectivity index (χ1n) is 13.7. The summed E-state index contributed by atoms with van der Waals surface area (Å²) in [7, 11) is 0. The molecule has 0 aliphatic carbocycles. The Bertz CT molecular complexity index is 2120.